The average molecular weight is 330 g/mol. The first kappa shape index (κ1) is 18.3. The average Bonchev–Trinajstić information content (AvgIpc) is 2.48. The number of anilines is 1. The highest BCUT2D eigenvalue weighted by Crippen LogP contribution is 2.32. The van der Waals surface area contributed by atoms with Crippen LogP contribution in [0.1, 0.15) is 50.6 Å². The molecule has 6 heteroatoms. The summed E-state index contributed by atoms with van der Waals surface area (Å²) in [7, 11) is 0. The van der Waals surface area contributed by atoms with Crippen molar-refractivity contribution in [1.29, 1.82) is 0 Å². The van der Waals surface area contributed by atoms with Crippen LogP contribution >= 0.6 is 0 Å². The molecule has 2 heterocycles. The highest BCUT2D eigenvalue weighted by Gasteiger charge is 2.39. The Morgan fingerprint density at radius 1 is 1.21 bits per heavy atom. The lowest BCUT2D eigenvalue weighted by Gasteiger charge is -2.38. The summed E-state index contributed by atoms with van der Waals surface area (Å²) in [6, 6.07) is 2.05. The van der Waals surface area contributed by atoms with Crippen molar-refractivity contribution in [3.8, 4) is 0 Å². The molecule has 132 valence electrons. The zero-order chi connectivity index (χ0) is 18.1. The fraction of sp³-hybridized carbons (Fsp3) is 0.556. The van der Waals surface area contributed by atoms with Crippen LogP contribution in [0.2, 0.25) is 0 Å². The second-order valence-electron chi connectivity index (χ2n) is 6.62. The molecule has 0 aliphatic carbocycles. The van der Waals surface area contributed by atoms with Gasteiger partial charge < -0.3 is 22.1 Å². The molecule has 1 aromatic rings. The minimum atomic E-state index is -0.888. The maximum atomic E-state index is 6.64. The molecule has 1 aromatic heterocycles. The van der Waals surface area contributed by atoms with Gasteiger partial charge in [-0.05, 0) is 52.2 Å². The Morgan fingerprint density at radius 2 is 1.83 bits per heavy atom. The first-order valence-electron chi connectivity index (χ1n) is 8.57. The molecule has 24 heavy (non-hydrogen) atoms. The van der Waals surface area contributed by atoms with Gasteiger partial charge in [0.05, 0.1) is 17.1 Å². The van der Waals surface area contributed by atoms with E-state index in [0.717, 1.165) is 41.3 Å². The molecule has 1 aliphatic heterocycles. The molecule has 0 saturated heterocycles. The predicted molar refractivity (Wildman–Crippen MR) is 101 cm³/mol. The Labute approximate surface area is 144 Å². The zero-order valence-corrected chi connectivity index (χ0v) is 15.6. The van der Waals surface area contributed by atoms with Gasteiger partial charge >= 0.3 is 0 Å². The molecule has 1 aliphatic rings. The Morgan fingerprint density at radius 3 is 2.38 bits per heavy atom. The van der Waals surface area contributed by atoms with Crippen molar-refractivity contribution < 1.29 is 0 Å². The number of hydrogen-bond acceptors (Lipinski definition) is 6. The van der Waals surface area contributed by atoms with Gasteiger partial charge in [0.25, 0.3) is 0 Å². The summed E-state index contributed by atoms with van der Waals surface area (Å²) in [5.74, 6) is 1.65. The van der Waals surface area contributed by atoms with Crippen molar-refractivity contribution in [2.75, 3.05) is 5.32 Å². The van der Waals surface area contributed by atoms with Gasteiger partial charge in [0.1, 0.15) is 11.7 Å². The van der Waals surface area contributed by atoms with E-state index in [4.69, 9.17) is 11.5 Å². The quantitative estimate of drug-likeness (QED) is 0.665. The molecule has 0 aromatic carbocycles. The Hall–Kier alpha value is -2.08. The number of pyridine rings is 1. The van der Waals surface area contributed by atoms with E-state index in [9.17, 15) is 0 Å². The van der Waals surface area contributed by atoms with Crippen LogP contribution in [-0.2, 0) is 0 Å². The van der Waals surface area contributed by atoms with Gasteiger partial charge in [-0.15, -0.1) is 0 Å². The lowest BCUT2D eigenvalue weighted by molar-refractivity contribution is 0.299. The molecule has 0 bridgehead atoms. The van der Waals surface area contributed by atoms with E-state index in [1.807, 2.05) is 26.8 Å². The molecular weight excluding hydrogens is 300 g/mol. The van der Waals surface area contributed by atoms with Crippen molar-refractivity contribution in [3.63, 3.8) is 0 Å². The van der Waals surface area contributed by atoms with E-state index in [-0.39, 0.29) is 5.92 Å². The summed E-state index contributed by atoms with van der Waals surface area (Å²) in [6.45, 7) is 12.2. The number of nitrogens with two attached hydrogens (primary N) is 2. The summed E-state index contributed by atoms with van der Waals surface area (Å²) in [4.78, 5) is 9.17. The summed E-state index contributed by atoms with van der Waals surface area (Å²) in [5, 5.41) is 6.63. The summed E-state index contributed by atoms with van der Waals surface area (Å²) < 4.78 is 0. The van der Waals surface area contributed by atoms with Gasteiger partial charge in [0.2, 0.25) is 0 Å². The van der Waals surface area contributed by atoms with Gasteiger partial charge in [-0.25, -0.2) is 4.99 Å². The van der Waals surface area contributed by atoms with Gasteiger partial charge in [-0.1, -0.05) is 13.8 Å². The number of amidine groups is 1. The van der Waals surface area contributed by atoms with Crippen LogP contribution < -0.4 is 22.1 Å². The van der Waals surface area contributed by atoms with Crippen LogP contribution in [0, 0.1) is 26.7 Å². The molecule has 0 amide bonds. The molecule has 0 fully saturated rings. The third kappa shape index (κ3) is 3.24. The molecule has 6 N–H and O–H groups in total. The number of rotatable bonds is 5. The highest BCUT2D eigenvalue weighted by atomic mass is 15.2. The first-order chi connectivity index (χ1) is 11.2. The molecule has 0 spiro atoms. The second-order valence-corrected chi connectivity index (χ2v) is 6.62. The third-order valence-electron chi connectivity index (χ3n) is 4.74. The Kier molecular flexibility index (Phi) is 5.18. The molecule has 1 atom stereocenters. The normalized spacial score (nSPS) is 20.9. The van der Waals surface area contributed by atoms with Gasteiger partial charge in [-0.2, -0.15) is 0 Å². The monoisotopic (exact) mass is 330 g/mol. The van der Waals surface area contributed by atoms with Gasteiger partial charge in [0.15, 0.2) is 5.66 Å². The number of hydrogen-bond donors (Lipinski definition) is 4. The molecule has 2 rings (SSSR count). The van der Waals surface area contributed by atoms with Crippen LogP contribution in [0.5, 0.6) is 0 Å². The summed E-state index contributed by atoms with van der Waals surface area (Å²) in [6.07, 6.45) is 1.84. The lowest BCUT2D eigenvalue weighted by atomic mass is 9.85. The topological polar surface area (TPSA) is 101 Å². The predicted octanol–water partition coefficient (Wildman–Crippen LogP) is 2.66. The third-order valence-corrected chi connectivity index (χ3v) is 4.74. The van der Waals surface area contributed by atoms with Crippen molar-refractivity contribution in [2.24, 2.45) is 22.4 Å². The van der Waals surface area contributed by atoms with Crippen LogP contribution in [-0.4, -0.2) is 16.5 Å². The van der Waals surface area contributed by atoms with Crippen LogP contribution in [0.4, 0.5) is 5.69 Å². The number of nitrogens with one attached hydrogen (secondary N) is 2. The van der Waals surface area contributed by atoms with E-state index in [1.54, 1.807) is 0 Å². The standard InChI is InChI=1S/C18H30N6/c1-7-14(8-2)18(20)16(19)17(22-13(6)24-18)23-15-10(3)9-11(4)21-12(15)5/h9,14,23H,7-8,19-20H2,1-6H3,(H,22,24). The van der Waals surface area contributed by atoms with Gasteiger partial charge in [-0.3, -0.25) is 4.98 Å². The van der Waals surface area contributed by atoms with Crippen LogP contribution in [0.3, 0.4) is 0 Å². The maximum absolute atomic E-state index is 6.64. The summed E-state index contributed by atoms with van der Waals surface area (Å²) >= 11 is 0. The van der Waals surface area contributed by atoms with E-state index >= 15 is 0 Å². The van der Waals surface area contributed by atoms with Crippen molar-refractivity contribution in [1.82, 2.24) is 10.3 Å². The number of aliphatic imine (C=N–C) groups is 1. The van der Waals surface area contributed by atoms with E-state index in [2.05, 4.69) is 41.4 Å². The fourth-order valence-corrected chi connectivity index (χ4v) is 3.47. The highest BCUT2D eigenvalue weighted by molar-refractivity contribution is 5.84. The first-order valence-corrected chi connectivity index (χ1v) is 8.57. The Balaban J connectivity index is 2.46. The largest absolute Gasteiger partial charge is 0.396 e. The maximum Gasteiger partial charge on any atom is 0.156 e. The SMILES string of the molecule is CCC(CC)C1(N)N=C(C)NC(Nc2c(C)cc(C)nc2C)=C1N. The van der Waals surface area contributed by atoms with Crippen molar-refractivity contribution in [3.05, 3.63) is 34.5 Å². The smallest absolute Gasteiger partial charge is 0.156 e. The van der Waals surface area contributed by atoms with E-state index in [1.165, 1.54) is 0 Å². The van der Waals surface area contributed by atoms with Gasteiger partial charge in [0, 0.05) is 11.6 Å². The number of nitrogens with zero attached hydrogens (tertiary/aromatic N) is 2. The fourth-order valence-electron chi connectivity index (χ4n) is 3.47. The molecule has 6 nitrogen and oxygen atoms in total. The molecule has 0 saturated carbocycles. The Bertz CT molecular complexity index is 664. The van der Waals surface area contributed by atoms with E-state index in [0.29, 0.717) is 11.5 Å². The minimum absolute atomic E-state index is 0.185. The van der Waals surface area contributed by atoms with Crippen molar-refractivity contribution in [2.45, 2.75) is 60.0 Å². The number of aromatic nitrogens is 1. The molecular formula is C18H30N6. The lowest BCUT2D eigenvalue weighted by Crippen LogP contribution is -2.55. The second kappa shape index (κ2) is 6.81. The minimum Gasteiger partial charge on any atom is -0.396 e. The zero-order valence-electron chi connectivity index (χ0n) is 15.6. The van der Waals surface area contributed by atoms with Crippen LogP contribution in [0.25, 0.3) is 0 Å². The van der Waals surface area contributed by atoms with Crippen LogP contribution in [0.15, 0.2) is 22.6 Å². The number of aryl methyl sites for hydroxylation is 3. The van der Waals surface area contributed by atoms with E-state index < -0.39 is 5.66 Å². The van der Waals surface area contributed by atoms with Crippen molar-refractivity contribution >= 4 is 11.5 Å². The molecule has 1 unspecified atom stereocenters. The summed E-state index contributed by atoms with van der Waals surface area (Å²) in [5.41, 5.74) is 16.7. The molecule has 0 radical (unpaired) electrons.